The Bertz CT molecular complexity index is 1280. The largest absolute Gasteiger partial charge is 0.471 e. The van der Waals surface area contributed by atoms with Crippen molar-refractivity contribution in [3.8, 4) is 17.4 Å². The molecule has 1 aromatic carbocycles. The van der Waals surface area contributed by atoms with Crippen LogP contribution in [-0.2, 0) is 6.61 Å². The molecule has 0 bridgehead atoms. The molecule has 31 heavy (non-hydrogen) atoms. The third-order valence-electron chi connectivity index (χ3n) is 4.65. The molecule has 0 saturated carbocycles. The van der Waals surface area contributed by atoms with Gasteiger partial charge in [0, 0.05) is 30.4 Å². The van der Waals surface area contributed by atoms with Crippen LogP contribution < -0.4 is 24.8 Å². The number of nitrogens with one attached hydrogen (secondary N) is 2. The highest BCUT2D eigenvalue weighted by Crippen LogP contribution is 2.37. The molecule has 1 aliphatic heterocycles. The Balaban J connectivity index is 1.36. The van der Waals surface area contributed by atoms with Gasteiger partial charge in [-0.3, -0.25) is 9.78 Å². The molecule has 0 fully saturated rings. The summed E-state index contributed by atoms with van der Waals surface area (Å²) in [5.74, 6) is 2.21. The van der Waals surface area contributed by atoms with E-state index in [0.717, 1.165) is 27.1 Å². The van der Waals surface area contributed by atoms with Gasteiger partial charge in [-0.25, -0.2) is 0 Å². The molecular formula is C21H17N5O4S. The van der Waals surface area contributed by atoms with Gasteiger partial charge in [0.15, 0.2) is 17.3 Å². The molecular weight excluding hydrogens is 418 g/mol. The minimum atomic E-state index is -0.249. The summed E-state index contributed by atoms with van der Waals surface area (Å²) in [6.45, 7) is 0.463. The van der Waals surface area contributed by atoms with Crippen LogP contribution in [0.25, 0.3) is 10.1 Å². The van der Waals surface area contributed by atoms with Gasteiger partial charge in [0.25, 0.3) is 11.8 Å². The van der Waals surface area contributed by atoms with Crippen molar-refractivity contribution in [3.63, 3.8) is 0 Å². The van der Waals surface area contributed by atoms with E-state index in [4.69, 9.17) is 14.2 Å². The van der Waals surface area contributed by atoms with E-state index in [0.29, 0.717) is 23.1 Å². The van der Waals surface area contributed by atoms with Crippen LogP contribution in [0.1, 0.15) is 16.1 Å². The van der Waals surface area contributed by atoms with Gasteiger partial charge in [-0.15, -0.1) is 21.5 Å². The summed E-state index contributed by atoms with van der Waals surface area (Å²) in [4.78, 5) is 15.8. The Hall–Kier alpha value is -3.92. The molecule has 1 aliphatic rings. The highest BCUT2D eigenvalue weighted by molar-refractivity contribution is 7.17. The summed E-state index contributed by atoms with van der Waals surface area (Å²) in [5.41, 5.74) is 1.96. The predicted octanol–water partition coefficient (Wildman–Crippen LogP) is 3.50. The fraction of sp³-hybridized carbons (Fsp3) is 0.143. The molecule has 2 N–H and O–H groups in total. The van der Waals surface area contributed by atoms with E-state index in [-0.39, 0.29) is 19.3 Å². The maximum Gasteiger partial charge on any atom is 0.269 e. The molecule has 5 rings (SSSR count). The number of hydrogen-bond acceptors (Lipinski definition) is 9. The summed E-state index contributed by atoms with van der Waals surface area (Å²) in [5, 5.41) is 17.3. The first-order chi connectivity index (χ1) is 15.2. The Morgan fingerprint density at radius 2 is 2.06 bits per heavy atom. The first-order valence-electron chi connectivity index (χ1n) is 9.41. The number of pyridine rings is 1. The number of fused-ring (bicyclic) bond motifs is 2. The first kappa shape index (κ1) is 19.1. The predicted molar refractivity (Wildman–Crippen MR) is 115 cm³/mol. The highest BCUT2D eigenvalue weighted by Gasteiger charge is 2.16. The number of thiophene rings is 1. The zero-order chi connectivity index (χ0) is 21.2. The molecule has 156 valence electrons. The number of nitrogens with zero attached hydrogens (tertiary/aromatic N) is 3. The van der Waals surface area contributed by atoms with Gasteiger partial charge in [0.2, 0.25) is 6.79 Å². The molecule has 0 aliphatic carbocycles. The van der Waals surface area contributed by atoms with Crippen molar-refractivity contribution in [2.75, 3.05) is 19.2 Å². The second-order valence-electron chi connectivity index (χ2n) is 6.63. The van der Waals surface area contributed by atoms with E-state index in [1.807, 2.05) is 29.6 Å². The van der Waals surface area contributed by atoms with Crippen LogP contribution in [0.3, 0.4) is 0 Å². The average molecular weight is 435 g/mol. The second-order valence-corrected chi connectivity index (χ2v) is 7.54. The Kier molecular flexibility index (Phi) is 4.97. The number of rotatable bonds is 6. The number of amides is 1. The topological polar surface area (TPSA) is 107 Å². The summed E-state index contributed by atoms with van der Waals surface area (Å²) >= 11 is 1.52. The second kappa shape index (κ2) is 8.07. The van der Waals surface area contributed by atoms with E-state index < -0.39 is 0 Å². The molecule has 0 unspecified atom stereocenters. The molecule has 3 aromatic heterocycles. The first-order valence-corrected chi connectivity index (χ1v) is 10.3. The summed E-state index contributed by atoms with van der Waals surface area (Å²) in [6, 6.07) is 11.1. The van der Waals surface area contributed by atoms with Gasteiger partial charge in [-0.1, -0.05) is 0 Å². The van der Waals surface area contributed by atoms with Crippen molar-refractivity contribution in [1.82, 2.24) is 20.5 Å². The normalized spacial score (nSPS) is 12.0. The Morgan fingerprint density at radius 1 is 1.16 bits per heavy atom. The number of carbonyl (C=O) groups is 1. The lowest BCUT2D eigenvalue weighted by Gasteiger charge is -2.10. The minimum absolute atomic E-state index is 0.224. The van der Waals surface area contributed by atoms with Crippen LogP contribution in [0.4, 0.5) is 11.5 Å². The maximum atomic E-state index is 11.8. The van der Waals surface area contributed by atoms with Crippen LogP contribution in [0.2, 0.25) is 0 Å². The average Bonchev–Trinajstić information content (AvgIpc) is 3.48. The standard InChI is InChI=1S/C21H17N5O4S/c1-22-20(27)15-8-12(4-6-23-15)10-28-21-18-14(5-7-31-18)19(25-26-21)24-13-2-3-16-17(9-13)30-11-29-16/h2-9H,10-11H2,1H3,(H,22,27)(H,24,25). The van der Waals surface area contributed by atoms with E-state index in [1.54, 1.807) is 25.4 Å². The summed E-state index contributed by atoms with van der Waals surface area (Å²) in [7, 11) is 1.56. The van der Waals surface area contributed by atoms with Crippen molar-refractivity contribution in [1.29, 1.82) is 0 Å². The molecule has 0 spiro atoms. The Morgan fingerprint density at radius 3 is 2.97 bits per heavy atom. The Labute approximate surface area is 181 Å². The molecule has 4 aromatic rings. The molecule has 9 nitrogen and oxygen atoms in total. The van der Waals surface area contributed by atoms with Gasteiger partial charge in [-0.2, -0.15) is 0 Å². The molecule has 1 amide bonds. The SMILES string of the molecule is CNC(=O)c1cc(COc2nnc(Nc3ccc4c(c3)OCO4)c3ccsc23)ccn1. The van der Waals surface area contributed by atoms with E-state index in [2.05, 4.69) is 25.8 Å². The quantitative estimate of drug-likeness (QED) is 0.474. The summed E-state index contributed by atoms with van der Waals surface area (Å²) in [6.07, 6.45) is 1.58. The van der Waals surface area contributed by atoms with Crippen LogP contribution in [0.15, 0.2) is 48.0 Å². The third-order valence-corrected chi connectivity index (χ3v) is 5.55. The summed E-state index contributed by atoms with van der Waals surface area (Å²) < 4.78 is 17.6. The van der Waals surface area contributed by atoms with Crippen molar-refractivity contribution in [2.45, 2.75) is 6.61 Å². The van der Waals surface area contributed by atoms with Gasteiger partial charge >= 0.3 is 0 Å². The maximum absolute atomic E-state index is 11.8. The zero-order valence-corrected chi connectivity index (χ0v) is 17.2. The van der Waals surface area contributed by atoms with Crippen molar-refractivity contribution >= 4 is 38.8 Å². The number of aromatic nitrogens is 3. The zero-order valence-electron chi connectivity index (χ0n) is 16.4. The lowest BCUT2D eigenvalue weighted by atomic mass is 10.2. The van der Waals surface area contributed by atoms with E-state index in [9.17, 15) is 4.79 Å². The van der Waals surface area contributed by atoms with Crippen LogP contribution in [-0.4, -0.2) is 34.9 Å². The van der Waals surface area contributed by atoms with Crippen LogP contribution in [0.5, 0.6) is 17.4 Å². The number of benzene rings is 1. The minimum Gasteiger partial charge on any atom is -0.471 e. The van der Waals surface area contributed by atoms with Gasteiger partial charge in [0.05, 0.1) is 0 Å². The number of hydrogen-bond donors (Lipinski definition) is 2. The van der Waals surface area contributed by atoms with Gasteiger partial charge < -0.3 is 24.8 Å². The number of ether oxygens (including phenoxy) is 3. The fourth-order valence-corrected chi connectivity index (χ4v) is 3.95. The lowest BCUT2D eigenvalue weighted by Crippen LogP contribution is -2.19. The van der Waals surface area contributed by atoms with Crippen LogP contribution in [0, 0.1) is 0 Å². The van der Waals surface area contributed by atoms with E-state index in [1.165, 1.54) is 11.3 Å². The fourth-order valence-electron chi connectivity index (χ4n) is 3.12. The lowest BCUT2D eigenvalue weighted by molar-refractivity contribution is 0.0958. The molecule has 0 radical (unpaired) electrons. The third kappa shape index (κ3) is 3.80. The monoisotopic (exact) mass is 435 g/mol. The van der Waals surface area contributed by atoms with Crippen LogP contribution >= 0.6 is 11.3 Å². The number of anilines is 2. The van der Waals surface area contributed by atoms with Crippen molar-refractivity contribution in [3.05, 3.63) is 59.2 Å². The number of carbonyl (C=O) groups excluding carboxylic acids is 1. The van der Waals surface area contributed by atoms with Gasteiger partial charge in [-0.05, 0) is 41.3 Å². The van der Waals surface area contributed by atoms with Crippen molar-refractivity contribution < 1.29 is 19.0 Å². The van der Waals surface area contributed by atoms with Gasteiger partial charge in [0.1, 0.15) is 17.0 Å². The highest BCUT2D eigenvalue weighted by atomic mass is 32.1. The molecule has 4 heterocycles. The molecule has 0 saturated heterocycles. The molecule has 10 heteroatoms. The smallest absolute Gasteiger partial charge is 0.269 e. The van der Waals surface area contributed by atoms with Crippen molar-refractivity contribution in [2.24, 2.45) is 0 Å². The molecule has 0 atom stereocenters. The van der Waals surface area contributed by atoms with E-state index >= 15 is 0 Å².